The topological polar surface area (TPSA) is 40.5 Å². The monoisotopic (exact) mass is 274 g/mol. The van der Waals surface area contributed by atoms with Crippen LogP contribution in [0, 0.1) is 5.92 Å². The maximum absolute atomic E-state index is 4.76. The number of piperidine rings is 1. The molecule has 1 fully saturated rings. The Hall–Kier alpha value is -1.58. The number of likely N-dealkylation sites (tertiary alicyclic amines) is 1. The van der Waals surface area contributed by atoms with Crippen molar-refractivity contribution in [3.05, 3.63) is 30.1 Å². The number of nitrogens with zero attached hydrogens (tertiary/aromatic N) is 3. The van der Waals surface area contributed by atoms with Crippen molar-refractivity contribution < 1.29 is 0 Å². The van der Waals surface area contributed by atoms with Crippen molar-refractivity contribution in [3.63, 3.8) is 0 Å². The summed E-state index contributed by atoms with van der Waals surface area (Å²) < 4.78 is 0. The van der Waals surface area contributed by atoms with Crippen LogP contribution in [0.15, 0.2) is 29.4 Å². The van der Waals surface area contributed by atoms with Gasteiger partial charge in [-0.1, -0.05) is 13.0 Å². The molecule has 4 nitrogen and oxygen atoms in total. The SMILES string of the molecule is CCNC(=NCCc1ccccn1)N1CCCC(C)C1. The molecule has 20 heavy (non-hydrogen) atoms. The molecule has 4 heteroatoms. The summed E-state index contributed by atoms with van der Waals surface area (Å²) >= 11 is 0. The molecule has 1 saturated heterocycles. The van der Waals surface area contributed by atoms with Crippen LogP contribution in [0.25, 0.3) is 0 Å². The third-order valence-corrected chi connectivity index (χ3v) is 3.65. The summed E-state index contributed by atoms with van der Waals surface area (Å²) in [5.41, 5.74) is 1.11. The zero-order valence-corrected chi connectivity index (χ0v) is 12.7. The second-order valence-corrected chi connectivity index (χ2v) is 5.50. The van der Waals surface area contributed by atoms with Gasteiger partial charge < -0.3 is 10.2 Å². The van der Waals surface area contributed by atoms with Crippen LogP contribution >= 0.6 is 0 Å². The van der Waals surface area contributed by atoms with E-state index in [-0.39, 0.29) is 0 Å². The van der Waals surface area contributed by atoms with E-state index in [9.17, 15) is 0 Å². The van der Waals surface area contributed by atoms with Gasteiger partial charge in [0, 0.05) is 44.5 Å². The Balaban J connectivity index is 1.91. The number of pyridine rings is 1. The summed E-state index contributed by atoms with van der Waals surface area (Å²) in [7, 11) is 0. The fourth-order valence-corrected chi connectivity index (χ4v) is 2.63. The lowest BCUT2D eigenvalue weighted by molar-refractivity contribution is 0.266. The summed E-state index contributed by atoms with van der Waals surface area (Å²) in [5.74, 6) is 1.83. The summed E-state index contributed by atoms with van der Waals surface area (Å²) in [4.78, 5) is 11.5. The van der Waals surface area contributed by atoms with Crippen molar-refractivity contribution in [2.45, 2.75) is 33.1 Å². The highest BCUT2D eigenvalue weighted by atomic mass is 15.3. The maximum Gasteiger partial charge on any atom is 0.193 e. The highest BCUT2D eigenvalue weighted by Gasteiger charge is 2.18. The summed E-state index contributed by atoms with van der Waals surface area (Å²) in [6.07, 6.45) is 5.35. The molecule has 110 valence electrons. The lowest BCUT2D eigenvalue weighted by Crippen LogP contribution is -2.46. The van der Waals surface area contributed by atoms with Crippen LogP contribution in [0.1, 0.15) is 32.4 Å². The Morgan fingerprint density at radius 3 is 3.10 bits per heavy atom. The van der Waals surface area contributed by atoms with Gasteiger partial charge in [0.2, 0.25) is 0 Å². The highest BCUT2D eigenvalue weighted by Crippen LogP contribution is 2.15. The molecule has 0 amide bonds. The first-order valence-corrected chi connectivity index (χ1v) is 7.72. The zero-order chi connectivity index (χ0) is 14.2. The Labute approximate surface area is 122 Å². The van der Waals surface area contributed by atoms with E-state index in [1.54, 1.807) is 0 Å². The van der Waals surface area contributed by atoms with E-state index in [1.165, 1.54) is 12.8 Å². The standard InChI is InChI=1S/C16H26N4/c1-3-17-16(20-12-6-7-14(2)13-20)19-11-9-15-8-4-5-10-18-15/h4-5,8,10,14H,3,6-7,9,11-13H2,1-2H3,(H,17,19). The molecule has 0 saturated carbocycles. The Morgan fingerprint density at radius 1 is 1.50 bits per heavy atom. The largest absolute Gasteiger partial charge is 0.357 e. The molecule has 1 aliphatic rings. The molecule has 1 atom stereocenters. The number of nitrogens with one attached hydrogen (secondary N) is 1. The van der Waals surface area contributed by atoms with Gasteiger partial charge in [0.25, 0.3) is 0 Å². The Morgan fingerprint density at radius 2 is 2.40 bits per heavy atom. The fourth-order valence-electron chi connectivity index (χ4n) is 2.63. The first-order valence-electron chi connectivity index (χ1n) is 7.72. The van der Waals surface area contributed by atoms with Crippen LogP contribution in [0.2, 0.25) is 0 Å². The van der Waals surface area contributed by atoms with Gasteiger partial charge in [0.1, 0.15) is 0 Å². The van der Waals surface area contributed by atoms with Gasteiger partial charge in [0.15, 0.2) is 5.96 Å². The molecule has 1 N–H and O–H groups in total. The van der Waals surface area contributed by atoms with Crippen molar-refractivity contribution in [2.24, 2.45) is 10.9 Å². The molecule has 1 aromatic heterocycles. The van der Waals surface area contributed by atoms with E-state index in [2.05, 4.69) is 35.1 Å². The minimum Gasteiger partial charge on any atom is -0.357 e. The lowest BCUT2D eigenvalue weighted by atomic mass is 10.0. The summed E-state index contributed by atoms with van der Waals surface area (Å²) in [6.45, 7) is 8.41. The number of hydrogen-bond donors (Lipinski definition) is 1. The molecule has 2 rings (SSSR count). The second-order valence-electron chi connectivity index (χ2n) is 5.50. The van der Waals surface area contributed by atoms with Crippen LogP contribution in [-0.4, -0.2) is 42.0 Å². The van der Waals surface area contributed by atoms with Crippen molar-refractivity contribution in [2.75, 3.05) is 26.2 Å². The molecule has 0 aromatic carbocycles. The molecule has 1 aliphatic heterocycles. The normalized spacial score (nSPS) is 20.0. The third-order valence-electron chi connectivity index (χ3n) is 3.65. The minimum atomic E-state index is 0.767. The van der Waals surface area contributed by atoms with Crippen molar-refractivity contribution in [1.82, 2.24) is 15.2 Å². The molecule has 0 spiro atoms. The average Bonchev–Trinajstić information content (AvgIpc) is 2.47. The number of hydrogen-bond acceptors (Lipinski definition) is 2. The van der Waals surface area contributed by atoms with Crippen LogP contribution in [0.5, 0.6) is 0 Å². The van der Waals surface area contributed by atoms with Crippen molar-refractivity contribution >= 4 is 5.96 Å². The molecule has 1 unspecified atom stereocenters. The smallest absolute Gasteiger partial charge is 0.193 e. The summed E-state index contributed by atoms with van der Waals surface area (Å²) in [5, 5.41) is 3.41. The third kappa shape index (κ3) is 4.51. The van der Waals surface area contributed by atoms with Crippen LogP contribution in [0.4, 0.5) is 0 Å². The Bertz CT molecular complexity index is 416. The number of rotatable bonds is 4. The van der Waals surface area contributed by atoms with Gasteiger partial charge in [-0.15, -0.1) is 0 Å². The van der Waals surface area contributed by atoms with E-state index in [0.717, 1.165) is 50.2 Å². The van der Waals surface area contributed by atoms with Crippen molar-refractivity contribution in [3.8, 4) is 0 Å². The first kappa shape index (κ1) is 14.8. The lowest BCUT2D eigenvalue weighted by Gasteiger charge is -2.33. The fraction of sp³-hybridized carbons (Fsp3) is 0.625. The van der Waals surface area contributed by atoms with Gasteiger partial charge >= 0.3 is 0 Å². The van der Waals surface area contributed by atoms with Gasteiger partial charge in [0.05, 0.1) is 0 Å². The average molecular weight is 274 g/mol. The maximum atomic E-state index is 4.76. The quantitative estimate of drug-likeness (QED) is 0.676. The van der Waals surface area contributed by atoms with Gasteiger partial charge in [-0.2, -0.15) is 0 Å². The number of guanidine groups is 1. The highest BCUT2D eigenvalue weighted by molar-refractivity contribution is 5.80. The number of aliphatic imine (C=N–C) groups is 1. The van der Waals surface area contributed by atoms with Gasteiger partial charge in [-0.25, -0.2) is 0 Å². The predicted molar refractivity (Wildman–Crippen MR) is 83.9 cm³/mol. The zero-order valence-electron chi connectivity index (χ0n) is 12.7. The molecule has 0 aliphatic carbocycles. The number of aromatic nitrogens is 1. The summed E-state index contributed by atoms with van der Waals surface area (Å²) in [6, 6.07) is 6.04. The van der Waals surface area contributed by atoms with E-state index in [0.29, 0.717) is 0 Å². The van der Waals surface area contributed by atoms with Crippen molar-refractivity contribution in [1.29, 1.82) is 0 Å². The minimum absolute atomic E-state index is 0.767. The Kier molecular flexibility index (Phi) is 5.84. The van der Waals surface area contributed by atoms with Crippen LogP contribution in [0.3, 0.4) is 0 Å². The molecule has 1 aromatic rings. The van der Waals surface area contributed by atoms with Gasteiger partial charge in [-0.3, -0.25) is 9.98 Å². The molecular formula is C16H26N4. The van der Waals surface area contributed by atoms with E-state index in [1.807, 2.05) is 18.3 Å². The first-order chi connectivity index (χ1) is 9.79. The molecular weight excluding hydrogens is 248 g/mol. The van der Waals surface area contributed by atoms with Crippen LogP contribution in [-0.2, 0) is 6.42 Å². The van der Waals surface area contributed by atoms with E-state index >= 15 is 0 Å². The molecule has 0 radical (unpaired) electrons. The van der Waals surface area contributed by atoms with Gasteiger partial charge in [-0.05, 0) is 37.8 Å². The van der Waals surface area contributed by atoms with E-state index in [4.69, 9.17) is 4.99 Å². The molecule has 2 heterocycles. The van der Waals surface area contributed by atoms with Crippen LogP contribution < -0.4 is 5.32 Å². The second kappa shape index (κ2) is 7.88. The predicted octanol–water partition coefficient (Wildman–Crippen LogP) is 2.32. The molecule has 0 bridgehead atoms. The van der Waals surface area contributed by atoms with E-state index < -0.39 is 0 Å².